The van der Waals surface area contributed by atoms with Crippen LogP contribution in [0.15, 0.2) is 84.2 Å². The Labute approximate surface area is 225 Å². The molecule has 0 aliphatic heterocycles. The molecule has 0 saturated carbocycles. The van der Waals surface area contributed by atoms with Gasteiger partial charge in [0.25, 0.3) is 11.8 Å². The minimum absolute atomic E-state index is 0.0976. The maximum Gasteiger partial charge on any atom is 0.339 e. The molecule has 36 heavy (non-hydrogen) atoms. The zero-order valence-electron chi connectivity index (χ0n) is 18.3. The van der Waals surface area contributed by atoms with Crippen LogP contribution in [-0.2, 0) is 9.53 Å². The number of benzene rings is 3. The minimum atomic E-state index is -1.28. The van der Waals surface area contributed by atoms with Gasteiger partial charge in [0.1, 0.15) is 0 Å². The molecule has 182 valence electrons. The first-order valence-corrected chi connectivity index (χ1v) is 12.5. The van der Waals surface area contributed by atoms with Gasteiger partial charge in [-0.2, -0.15) is 0 Å². The van der Waals surface area contributed by atoms with E-state index in [4.69, 9.17) is 39.5 Å². The fraction of sp³-hybridized carbons (Fsp3) is 0.0385. The summed E-state index contributed by atoms with van der Waals surface area (Å²) in [6, 6.07) is 20.9. The monoisotopic (exact) mass is 558 g/mol. The zero-order chi connectivity index (χ0) is 25.7. The SMILES string of the molecule is O=C(OC(C(=O)Nc1cc(Cl)cc(Cl)c1)c1ccccc1)c1ccc(Cl)c(NC(=O)c2cccs2)c1. The molecule has 0 aliphatic rings. The van der Waals surface area contributed by atoms with Crippen LogP contribution in [0.3, 0.4) is 0 Å². The molecule has 0 aliphatic carbocycles. The van der Waals surface area contributed by atoms with Gasteiger partial charge in [0, 0.05) is 21.3 Å². The number of carbonyl (C=O) groups is 3. The van der Waals surface area contributed by atoms with Crippen molar-refractivity contribution in [3.05, 3.63) is 115 Å². The van der Waals surface area contributed by atoms with E-state index in [0.29, 0.717) is 26.2 Å². The van der Waals surface area contributed by atoms with E-state index in [-0.39, 0.29) is 22.2 Å². The molecule has 2 amide bonds. The normalized spacial score (nSPS) is 11.4. The van der Waals surface area contributed by atoms with Crippen molar-refractivity contribution in [1.82, 2.24) is 0 Å². The van der Waals surface area contributed by atoms with Gasteiger partial charge in [0.2, 0.25) is 6.10 Å². The summed E-state index contributed by atoms with van der Waals surface area (Å²) < 4.78 is 5.62. The molecule has 0 bridgehead atoms. The van der Waals surface area contributed by atoms with Gasteiger partial charge in [-0.1, -0.05) is 71.2 Å². The highest BCUT2D eigenvalue weighted by molar-refractivity contribution is 7.12. The second-order valence-corrected chi connectivity index (χ2v) is 9.70. The van der Waals surface area contributed by atoms with Gasteiger partial charge >= 0.3 is 5.97 Å². The van der Waals surface area contributed by atoms with Crippen LogP contribution >= 0.6 is 46.1 Å². The highest BCUT2D eigenvalue weighted by atomic mass is 35.5. The Kier molecular flexibility index (Phi) is 8.28. The molecule has 0 saturated heterocycles. The van der Waals surface area contributed by atoms with Gasteiger partial charge in [-0.25, -0.2) is 4.79 Å². The summed E-state index contributed by atoms with van der Waals surface area (Å²) in [5.74, 6) is -1.75. The van der Waals surface area contributed by atoms with Crippen molar-refractivity contribution in [2.24, 2.45) is 0 Å². The summed E-state index contributed by atoms with van der Waals surface area (Å²) in [4.78, 5) is 39.1. The summed E-state index contributed by atoms with van der Waals surface area (Å²) in [6.45, 7) is 0. The van der Waals surface area contributed by atoms with Crippen LogP contribution in [0.1, 0.15) is 31.7 Å². The number of esters is 1. The highest BCUT2D eigenvalue weighted by Crippen LogP contribution is 2.28. The molecule has 10 heteroatoms. The predicted octanol–water partition coefficient (Wildman–Crippen LogP) is 7.50. The van der Waals surface area contributed by atoms with Crippen molar-refractivity contribution in [2.75, 3.05) is 10.6 Å². The first-order valence-electron chi connectivity index (χ1n) is 10.5. The van der Waals surface area contributed by atoms with E-state index in [1.165, 1.54) is 47.7 Å². The lowest BCUT2D eigenvalue weighted by Crippen LogP contribution is -2.26. The summed E-state index contributed by atoms with van der Waals surface area (Å²) >= 11 is 19.6. The molecule has 1 aromatic heterocycles. The Balaban J connectivity index is 1.56. The van der Waals surface area contributed by atoms with Gasteiger partial charge in [0.05, 0.1) is 21.2 Å². The smallest absolute Gasteiger partial charge is 0.339 e. The molecule has 1 heterocycles. The van der Waals surface area contributed by atoms with E-state index in [0.717, 1.165) is 0 Å². The van der Waals surface area contributed by atoms with E-state index in [2.05, 4.69) is 10.6 Å². The standard InChI is InChI=1S/C26H17Cl3N2O4S/c27-17-12-18(28)14-19(13-17)30-25(33)23(15-5-2-1-3-6-15)35-26(34)16-8-9-20(29)21(11-16)31-24(32)22-7-4-10-36-22/h1-14,23H,(H,30,33)(H,31,32). The van der Waals surface area contributed by atoms with Crippen LogP contribution < -0.4 is 10.6 Å². The molecule has 1 unspecified atom stereocenters. The average Bonchev–Trinajstić information content (AvgIpc) is 3.39. The van der Waals surface area contributed by atoms with Crippen LogP contribution in [0.4, 0.5) is 11.4 Å². The van der Waals surface area contributed by atoms with Crippen molar-refractivity contribution in [1.29, 1.82) is 0 Å². The second-order valence-electron chi connectivity index (χ2n) is 7.47. The number of nitrogens with one attached hydrogen (secondary N) is 2. The van der Waals surface area contributed by atoms with E-state index in [1.54, 1.807) is 47.8 Å². The first kappa shape index (κ1) is 25.7. The second kappa shape index (κ2) is 11.6. The summed E-state index contributed by atoms with van der Waals surface area (Å²) in [5, 5.41) is 8.06. The van der Waals surface area contributed by atoms with Gasteiger partial charge < -0.3 is 15.4 Å². The predicted molar refractivity (Wildman–Crippen MR) is 143 cm³/mol. The minimum Gasteiger partial charge on any atom is -0.444 e. The van der Waals surface area contributed by atoms with E-state index < -0.39 is 18.0 Å². The number of thiophene rings is 1. The molecule has 2 N–H and O–H groups in total. The van der Waals surface area contributed by atoms with Crippen LogP contribution in [-0.4, -0.2) is 17.8 Å². The number of rotatable bonds is 7. The fourth-order valence-electron chi connectivity index (χ4n) is 3.25. The van der Waals surface area contributed by atoms with Crippen LogP contribution in [0.25, 0.3) is 0 Å². The third kappa shape index (κ3) is 6.44. The number of ether oxygens (including phenoxy) is 1. The van der Waals surface area contributed by atoms with E-state index in [9.17, 15) is 14.4 Å². The lowest BCUT2D eigenvalue weighted by atomic mass is 10.1. The van der Waals surface area contributed by atoms with Gasteiger partial charge in [-0.15, -0.1) is 11.3 Å². The van der Waals surface area contributed by atoms with Crippen molar-refractivity contribution in [2.45, 2.75) is 6.10 Å². The number of amides is 2. The maximum absolute atomic E-state index is 13.1. The Bertz CT molecular complexity index is 1390. The molecule has 3 aromatic carbocycles. The summed E-state index contributed by atoms with van der Waals surface area (Å²) in [5.41, 5.74) is 1.13. The topological polar surface area (TPSA) is 84.5 Å². The molecular formula is C26H17Cl3N2O4S. The summed E-state index contributed by atoms with van der Waals surface area (Å²) in [7, 11) is 0. The third-order valence-electron chi connectivity index (χ3n) is 4.89. The quantitative estimate of drug-likeness (QED) is 0.230. The molecule has 0 fully saturated rings. The zero-order valence-corrected chi connectivity index (χ0v) is 21.4. The molecule has 0 spiro atoms. The van der Waals surface area contributed by atoms with Crippen molar-refractivity contribution >= 4 is 75.3 Å². The Morgan fingerprint density at radius 1 is 0.806 bits per heavy atom. The Morgan fingerprint density at radius 2 is 1.53 bits per heavy atom. The van der Waals surface area contributed by atoms with Gasteiger partial charge in [0.15, 0.2) is 0 Å². The van der Waals surface area contributed by atoms with Crippen molar-refractivity contribution in [3.63, 3.8) is 0 Å². The maximum atomic E-state index is 13.1. The summed E-state index contributed by atoms with van der Waals surface area (Å²) in [6.07, 6.45) is -1.28. The highest BCUT2D eigenvalue weighted by Gasteiger charge is 2.26. The van der Waals surface area contributed by atoms with E-state index in [1.807, 2.05) is 0 Å². The Hall–Kier alpha value is -3.36. The lowest BCUT2D eigenvalue weighted by molar-refractivity contribution is -0.125. The van der Waals surface area contributed by atoms with E-state index >= 15 is 0 Å². The lowest BCUT2D eigenvalue weighted by Gasteiger charge is -2.19. The average molecular weight is 560 g/mol. The molecule has 4 aromatic rings. The molecular weight excluding hydrogens is 543 g/mol. The van der Waals surface area contributed by atoms with Crippen LogP contribution in [0, 0.1) is 0 Å². The van der Waals surface area contributed by atoms with Crippen molar-refractivity contribution in [3.8, 4) is 0 Å². The largest absolute Gasteiger partial charge is 0.444 e. The molecule has 0 radical (unpaired) electrons. The molecule has 1 atom stereocenters. The van der Waals surface area contributed by atoms with Crippen LogP contribution in [0.2, 0.25) is 15.1 Å². The van der Waals surface area contributed by atoms with Gasteiger partial charge in [-0.05, 0) is 47.8 Å². The Morgan fingerprint density at radius 3 is 2.19 bits per heavy atom. The molecule has 6 nitrogen and oxygen atoms in total. The first-order chi connectivity index (χ1) is 17.3. The number of anilines is 2. The van der Waals surface area contributed by atoms with Crippen LogP contribution in [0.5, 0.6) is 0 Å². The number of hydrogen-bond donors (Lipinski definition) is 2. The third-order valence-corrected chi connectivity index (χ3v) is 6.53. The fourth-order valence-corrected chi connectivity index (χ4v) is 4.56. The number of hydrogen-bond acceptors (Lipinski definition) is 5. The number of carbonyl (C=O) groups excluding carboxylic acids is 3. The van der Waals surface area contributed by atoms with Crippen molar-refractivity contribution < 1.29 is 19.1 Å². The number of halogens is 3. The van der Waals surface area contributed by atoms with Gasteiger partial charge in [-0.3, -0.25) is 9.59 Å². The molecule has 4 rings (SSSR count).